The molecule has 0 saturated heterocycles. The fraction of sp³-hybridized carbons (Fsp3) is 0.533. The zero-order valence-electron chi connectivity index (χ0n) is 20.1. The molecule has 0 spiro atoms. The molecule has 4 bridgehead atoms. The van der Waals surface area contributed by atoms with E-state index in [1.807, 2.05) is 0 Å². The molecule has 2 nitrogen and oxygen atoms in total. The summed E-state index contributed by atoms with van der Waals surface area (Å²) >= 11 is 0. The van der Waals surface area contributed by atoms with Crippen LogP contribution in [0.3, 0.4) is 0 Å². The van der Waals surface area contributed by atoms with Crippen molar-refractivity contribution in [2.24, 2.45) is 0 Å². The van der Waals surface area contributed by atoms with Crippen LogP contribution in [0.4, 0.5) is 0 Å². The first kappa shape index (κ1) is 20.7. The van der Waals surface area contributed by atoms with E-state index in [1.54, 1.807) is 0 Å². The lowest BCUT2D eigenvalue weighted by Gasteiger charge is -2.25. The Kier molecular flexibility index (Phi) is 4.40. The van der Waals surface area contributed by atoms with Crippen molar-refractivity contribution in [1.82, 2.24) is 0 Å². The topological polar surface area (TPSA) is 18.5 Å². The third-order valence-corrected chi connectivity index (χ3v) is 8.39. The summed E-state index contributed by atoms with van der Waals surface area (Å²) < 4.78 is 13.8. The molecule has 2 aromatic carbocycles. The van der Waals surface area contributed by atoms with Crippen molar-refractivity contribution in [3.8, 4) is 0 Å². The number of rotatable bonds is 8. The number of ether oxygens (including phenoxy) is 2. The van der Waals surface area contributed by atoms with Gasteiger partial charge in [0.15, 0.2) is 0 Å². The summed E-state index contributed by atoms with van der Waals surface area (Å²) in [5, 5.41) is 2.67. The maximum Gasteiger partial charge on any atom is 0.113 e. The summed E-state index contributed by atoms with van der Waals surface area (Å²) in [6, 6.07) is 9.79. The van der Waals surface area contributed by atoms with Crippen LogP contribution >= 0.6 is 0 Å². The monoisotopic (exact) mass is 428 g/mol. The minimum absolute atomic E-state index is 0.244. The van der Waals surface area contributed by atoms with Crippen LogP contribution in [0.2, 0.25) is 0 Å². The van der Waals surface area contributed by atoms with E-state index in [1.165, 1.54) is 33.0 Å². The van der Waals surface area contributed by atoms with E-state index in [0.717, 1.165) is 51.4 Å². The van der Waals surface area contributed by atoms with E-state index in [9.17, 15) is 0 Å². The maximum absolute atomic E-state index is 6.89. The number of benzene rings is 2. The molecule has 168 valence electrons. The molecule has 0 fully saturated rings. The fourth-order valence-electron chi connectivity index (χ4n) is 7.22. The van der Waals surface area contributed by atoms with Gasteiger partial charge in [-0.05, 0) is 107 Å². The molecular formula is C30H36O2. The van der Waals surface area contributed by atoms with Crippen molar-refractivity contribution in [2.75, 3.05) is 0 Å². The van der Waals surface area contributed by atoms with Gasteiger partial charge in [0.1, 0.15) is 22.4 Å². The standard InChI is InChI=1S/C30H36O2/c1-5-9-27-13-14-28(31-27,10-6-2)24-18-22-20-26-25(19-21(22)17-23(24)27)29(11-7-3)15-16-30(26,32-29)12-8-4/h13-20H,5-12H2,1-4H3. The Morgan fingerprint density at radius 3 is 0.938 bits per heavy atom. The third kappa shape index (κ3) is 2.43. The minimum atomic E-state index is -0.244. The summed E-state index contributed by atoms with van der Waals surface area (Å²) in [6.07, 6.45) is 18.1. The van der Waals surface area contributed by atoms with Crippen molar-refractivity contribution in [3.05, 3.63) is 70.8 Å². The van der Waals surface area contributed by atoms with E-state index >= 15 is 0 Å². The Bertz CT molecular complexity index is 986. The zero-order chi connectivity index (χ0) is 22.2. The SMILES string of the molecule is CCCC12C=CC(CCC)(O1)c1cc3cc4c(cc3cc12)C1(CCC)C=CC4(CCC)O1. The molecule has 4 aliphatic rings. The predicted octanol–water partition coefficient (Wildman–Crippen LogP) is 8.02. The van der Waals surface area contributed by atoms with Crippen LogP contribution < -0.4 is 0 Å². The molecule has 4 aliphatic heterocycles. The first-order chi connectivity index (χ1) is 15.5. The highest BCUT2D eigenvalue weighted by atomic mass is 16.5. The Hall–Kier alpha value is -1.90. The van der Waals surface area contributed by atoms with E-state index in [4.69, 9.17) is 9.47 Å². The van der Waals surface area contributed by atoms with Crippen molar-refractivity contribution in [2.45, 2.75) is 101 Å². The molecule has 2 heteroatoms. The van der Waals surface area contributed by atoms with Gasteiger partial charge in [-0.15, -0.1) is 0 Å². The second-order valence-electron chi connectivity index (χ2n) is 10.6. The highest BCUT2D eigenvalue weighted by Crippen LogP contribution is 2.61. The van der Waals surface area contributed by atoms with Gasteiger partial charge in [0.2, 0.25) is 0 Å². The quantitative estimate of drug-likeness (QED) is 0.396. The number of fused-ring (bicyclic) bond motifs is 11. The van der Waals surface area contributed by atoms with Gasteiger partial charge in [0.25, 0.3) is 0 Å². The number of hydrogen-bond donors (Lipinski definition) is 0. The average molecular weight is 429 g/mol. The Balaban J connectivity index is 1.57. The molecule has 6 rings (SSSR count). The molecule has 0 aliphatic carbocycles. The van der Waals surface area contributed by atoms with Gasteiger partial charge in [-0.1, -0.05) is 53.4 Å². The highest BCUT2D eigenvalue weighted by Gasteiger charge is 2.56. The van der Waals surface area contributed by atoms with Gasteiger partial charge in [0.05, 0.1) is 0 Å². The summed E-state index contributed by atoms with van der Waals surface area (Å²) in [4.78, 5) is 0. The number of hydrogen-bond acceptors (Lipinski definition) is 2. The van der Waals surface area contributed by atoms with Crippen LogP contribution in [-0.2, 0) is 31.9 Å². The van der Waals surface area contributed by atoms with Crippen molar-refractivity contribution in [3.63, 3.8) is 0 Å². The lowest BCUT2D eigenvalue weighted by molar-refractivity contribution is -0.0794. The van der Waals surface area contributed by atoms with E-state index in [2.05, 4.69) is 76.3 Å². The molecule has 0 amide bonds. The van der Waals surface area contributed by atoms with Gasteiger partial charge in [-0.3, -0.25) is 0 Å². The first-order valence-corrected chi connectivity index (χ1v) is 12.9. The molecule has 0 N–H and O–H groups in total. The Morgan fingerprint density at radius 2 is 0.719 bits per heavy atom. The largest absolute Gasteiger partial charge is 0.351 e. The van der Waals surface area contributed by atoms with Gasteiger partial charge in [-0.2, -0.15) is 0 Å². The summed E-state index contributed by atoms with van der Waals surface area (Å²) in [5.41, 5.74) is 4.62. The summed E-state index contributed by atoms with van der Waals surface area (Å²) in [5.74, 6) is 0. The van der Waals surface area contributed by atoms with Crippen LogP contribution in [0.25, 0.3) is 10.8 Å². The molecule has 0 aromatic heterocycles. The molecule has 4 atom stereocenters. The summed E-state index contributed by atoms with van der Waals surface area (Å²) in [7, 11) is 0. The molecule has 0 saturated carbocycles. The van der Waals surface area contributed by atoms with E-state index < -0.39 is 0 Å². The van der Waals surface area contributed by atoms with E-state index in [-0.39, 0.29) is 22.4 Å². The van der Waals surface area contributed by atoms with Gasteiger partial charge >= 0.3 is 0 Å². The fourth-order valence-corrected chi connectivity index (χ4v) is 7.22. The maximum atomic E-state index is 6.89. The molecule has 2 aromatic rings. The van der Waals surface area contributed by atoms with Crippen LogP contribution in [0, 0.1) is 0 Å². The smallest absolute Gasteiger partial charge is 0.113 e. The second-order valence-corrected chi connectivity index (χ2v) is 10.6. The molecule has 32 heavy (non-hydrogen) atoms. The first-order valence-electron chi connectivity index (χ1n) is 12.9. The Morgan fingerprint density at radius 1 is 0.469 bits per heavy atom. The average Bonchev–Trinajstić information content (AvgIpc) is 3.47. The summed E-state index contributed by atoms with van der Waals surface area (Å²) in [6.45, 7) is 9.05. The third-order valence-electron chi connectivity index (χ3n) is 8.39. The van der Waals surface area contributed by atoms with Gasteiger partial charge in [-0.25, -0.2) is 0 Å². The van der Waals surface area contributed by atoms with Crippen LogP contribution in [-0.4, -0.2) is 0 Å². The second kappa shape index (κ2) is 6.81. The minimum Gasteiger partial charge on any atom is -0.351 e. The molecular weight excluding hydrogens is 392 g/mol. The van der Waals surface area contributed by atoms with E-state index in [0.29, 0.717) is 0 Å². The Labute approximate surface area is 192 Å². The lowest BCUT2D eigenvalue weighted by Crippen LogP contribution is -2.23. The predicted molar refractivity (Wildman–Crippen MR) is 131 cm³/mol. The van der Waals surface area contributed by atoms with Crippen LogP contribution in [0.5, 0.6) is 0 Å². The highest BCUT2D eigenvalue weighted by molar-refractivity contribution is 5.88. The molecule has 4 heterocycles. The molecule has 4 unspecified atom stereocenters. The normalized spacial score (nSPS) is 35.2. The lowest BCUT2D eigenvalue weighted by atomic mass is 9.74. The molecule has 0 radical (unpaired) electrons. The van der Waals surface area contributed by atoms with Crippen molar-refractivity contribution in [1.29, 1.82) is 0 Å². The van der Waals surface area contributed by atoms with Crippen LogP contribution in [0.1, 0.15) is 101 Å². The van der Waals surface area contributed by atoms with Gasteiger partial charge < -0.3 is 9.47 Å². The van der Waals surface area contributed by atoms with Crippen LogP contribution in [0.15, 0.2) is 48.6 Å². The zero-order valence-corrected chi connectivity index (χ0v) is 20.1. The van der Waals surface area contributed by atoms with Crippen molar-refractivity contribution >= 4 is 10.8 Å². The van der Waals surface area contributed by atoms with Gasteiger partial charge in [0, 0.05) is 0 Å². The van der Waals surface area contributed by atoms with Crippen molar-refractivity contribution < 1.29 is 9.47 Å².